The first-order valence-electron chi connectivity index (χ1n) is 12.4. The number of carbonyl (C=O) groups excluding carboxylic acids is 2. The van der Waals surface area contributed by atoms with Crippen LogP contribution in [0.15, 0.2) is 22.9 Å². The van der Waals surface area contributed by atoms with Crippen molar-refractivity contribution < 1.29 is 28.5 Å². The van der Waals surface area contributed by atoms with Gasteiger partial charge in [0, 0.05) is 25.7 Å². The van der Waals surface area contributed by atoms with Crippen molar-refractivity contribution in [1.29, 1.82) is 10.5 Å². The summed E-state index contributed by atoms with van der Waals surface area (Å²) < 4.78 is 23.1. The van der Waals surface area contributed by atoms with Gasteiger partial charge in [-0.1, -0.05) is 13.8 Å². The van der Waals surface area contributed by atoms with E-state index >= 15 is 0 Å². The summed E-state index contributed by atoms with van der Waals surface area (Å²) in [4.78, 5) is 30.9. The average molecular weight is 505 g/mol. The zero-order chi connectivity index (χ0) is 26.8. The maximum atomic E-state index is 12.2. The van der Waals surface area contributed by atoms with Gasteiger partial charge in [0.2, 0.25) is 0 Å². The molecule has 0 aromatic rings. The fourth-order valence-corrected chi connectivity index (χ4v) is 6.22. The Morgan fingerprint density at radius 1 is 0.784 bits per heavy atom. The van der Waals surface area contributed by atoms with Crippen molar-refractivity contribution in [2.75, 3.05) is 0 Å². The molecule has 4 fully saturated rings. The van der Waals surface area contributed by atoms with Gasteiger partial charge in [0.1, 0.15) is 11.5 Å². The van der Waals surface area contributed by atoms with Gasteiger partial charge in [-0.15, -0.1) is 0 Å². The second-order valence-corrected chi connectivity index (χ2v) is 10.7. The van der Waals surface area contributed by atoms with Crippen molar-refractivity contribution in [2.45, 2.75) is 89.6 Å². The molecule has 0 aromatic heterocycles. The fourth-order valence-electron chi connectivity index (χ4n) is 6.22. The molecule has 2 aliphatic carbocycles. The van der Waals surface area contributed by atoms with Crippen molar-refractivity contribution in [3.8, 4) is 12.1 Å². The van der Waals surface area contributed by atoms with Crippen LogP contribution in [0, 0.1) is 53.1 Å². The highest BCUT2D eigenvalue weighted by Gasteiger charge is 2.52. The lowest BCUT2D eigenvalue weighted by Gasteiger charge is -2.51. The first-order chi connectivity index (χ1) is 17.6. The Labute approximate surface area is 216 Å². The minimum atomic E-state index is -1.13. The van der Waals surface area contributed by atoms with Gasteiger partial charge in [0.25, 0.3) is 23.0 Å². The minimum Gasteiger partial charge on any atom is -0.466 e. The Morgan fingerprint density at radius 3 is 1.43 bits per heavy atom. The van der Waals surface area contributed by atoms with E-state index in [1.54, 1.807) is 12.1 Å². The number of hydrogen-bond acceptors (Lipinski definition) is 8. The zero-order valence-electron chi connectivity index (χ0n) is 21.0. The van der Waals surface area contributed by atoms with Gasteiger partial charge in [0.05, 0.1) is 38.1 Å². The largest absolute Gasteiger partial charge is 0.466 e. The van der Waals surface area contributed by atoms with Gasteiger partial charge in [-0.3, -0.25) is 9.59 Å². The molecule has 0 aromatic carbocycles. The maximum Gasteiger partial charge on any atom is 0.315 e. The summed E-state index contributed by atoms with van der Waals surface area (Å²) in [6, 6.07) is 3.60. The number of nitriles is 2. The van der Waals surface area contributed by atoms with E-state index in [-0.39, 0.29) is 41.2 Å². The monoisotopic (exact) mass is 504 g/mol. The molecule has 192 valence electrons. The summed E-state index contributed by atoms with van der Waals surface area (Å²) in [5.41, 5.74) is -0.492. The van der Waals surface area contributed by atoms with Crippen molar-refractivity contribution in [3.05, 3.63) is 45.7 Å². The lowest BCUT2D eigenvalue weighted by atomic mass is 9.60. The second-order valence-electron chi connectivity index (χ2n) is 10.7. The molecule has 0 bridgehead atoms. The van der Waals surface area contributed by atoms with Gasteiger partial charge >= 0.3 is 11.9 Å². The topological polar surface area (TPSA) is 127 Å². The highest BCUT2D eigenvalue weighted by Crippen LogP contribution is 2.54. The molecule has 2 aliphatic heterocycles. The lowest BCUT2D eigenvalue weighted by Crippen LogP contribution is -2.49. The summed E-state index contributed by atoms with van der Waals surface area (Å²) in [5, 5.41) is 18.4. The lowest BCUT2D eigenvalue weighted by molar-refractivity contribution is -0.255. The molecule has 2 saturated carbocycles. The maximum absolute atomic E-state index is 12.2. The summed E-state index contributed by atoms with van der Waals surface area (Å²) in [7, 11) is 0. The number of hydrogen-bond donors (Lipinski definition) is 0. The van der Waals surface area contributed by atoms with Crippen LogP contribution in [0.1, 0.15) is 78.1 Å². The van der Waals surface area contributed by atoms with Crippen LogP contribution in [0.4, 0.5) is 0 Å². The predicted octanol–water partition coefficient (Wildman–Crippen LogP) is 5.02. The second kappa shape index (κ2) is 9.79. The Hall–Kier alpha value is -4.02. The van der Waals surface area contributed by atoms with Crippen LogP contribution in [0.3, 0.4) is 0 Å². The van der Waals surface area contributed by atoms with Gasteiger partial charge < -0.3 is 18.9 Å². The van der Waals surface area contributed by atoms with E-state index in [0.29, 0.717) is 37.5 Å². The first kappa shape index (κ1) is 26.1. The van der Waals surface area contributed by atoms with E-state index in [1.807, 2.05) is 0 Å². The Morgan fingerprint density at radius 2 is 1.14 bits per heavy atom. The fraction of sp³-hybridized carbons (Fsp3) is 0.630. The number of esters is 2. The predicted molar refractivity (Wildman–Crippen MR) is 125 cm³/mol. The highest BCUT2D eigenvalue weighted by molar-refractivity contribution is 5.74. The molecule has 0 N–H and O–H groups in total. The standard InChI is InChI=1S/C27H28N4O6/c1-25(2,17-5-9-26(10-6-17)34-21(13-23(32)36-26)19(15-28)30-3)18-7-11-27(12-8-18)35-22(14-24(33)37-27)20(16-29)31-4/h17-18H,5-14H2,1-2H3/b21-19-,22-20+. The third-order valence-corrected chi connectivity index (χ3v) is 8.39. The van der Waals surface area contributed by atoms with Gasteiger partial charge in [-0.25, -0.2) is 20.2 Å². The number of ether oxygens (including phenoxy) is 4. The van der Waals surface area contributed by atoms with E-state index in [1.165, 1.54) is 0 Å². The van der Waals surface area contributed by atoms with Gasteiger partial charge in [-0.2, -0.15) is 0 Å². The molecule has 4 rings (SSSR count). The molecule has 0 amide bonds. The van der Waals surface area contributed by atoms with Crippen LogP contribution >= 0.6 is 0 Å². The van der Waals surface area contributed by atoms with E-state index in [0.717, 1.165) is 25.7 Å². The van der Waals surface area contributed by atoms with Crippen molar-refractivity contribution in [2.24, 2.45) is 17.3 Å². The molecule has 0 atom stereocenters. The number of rotatable bonds is 2. The highest BCUT2D eigenvalue weighted by atomic mass is 16.7. The van der Waals surface area contributed by atoms with Crippen LogP contribution in [0.5, 0.6) is 0 Å². The van der Waals surface area contributed by atoms with Crippen LogP contribution in [0.25, 0.3) is 9.69 Å². The van der Waals surface area contributed by atoms with Crippen LogP contribution in [-0.2, 0) is 28.5 Å². The third-order valence-electron chi connectivity index (χ3n) is 8.39. The smallest absolute Gasteiger partial charge is 0.315 e. The average Bonchev–Trinajstić information content (AvgIpc) is 2.85. The molecular formula is C27H28N4O6. The van der Waals surface area contributed by atoms with Crippen LogP contribution in [0.2, 0.25) is 0 Å². The minimum absolute atomic E-state index is 0.0689. The van der Waals surface area contributed by atoms with E-state index in [2.05, 4.69) is 23.5 Å². The summed E-state index contributed by atoms with van der Waals surface area (Å²) in [6.07, 6.45) is 4.51. The molecule has 10 heteroatoms. The quantitative estimate of drug-likeness (QED) is 0.291. The molecule has 0 unspecified atom stereocenters. The van der Waals surface area contributed by atoms with Crippen molar-refractivity contribution in [1.82, 2.24) is 0 Å². The molecular weight excluding hydrogens is 476 g/mol. The van der Waals surface area contributed by atoms with Crippen molar-refractivity contribution >= 4 is 11.9 Å². The Bertz CT molecular complexity index is 1090. The summed E-state index contributed by atoms with van der Waals surface area (Å²) >= 11 is 0. The first-order valence-corrected chi connectivity index (χ1v) is 12.4. The third kappa shape index (κ3) is 4.98. The molecule has 0 radical (unpaired) electrons. The SMILES string of the molecule is [C-]#[N+]/C(C#N)=C1/CC(=O)OC2(CCC(C(C)(C)C3CCC4(CC3)OC(=O)C/C(=C(/C#N)[N+]#[C-])O4)CC2)O1. The van der Waals surface area contributed by atoms with Gasteiger partial charge in [0.15, 0.2) is 0 Å². The van der Waals surface area contributed by atoms with Crippen molar-refractivity contribution in [3.63, 3.8) is 0 Å². The Balaban J connectivity index is 1.41. The number of allylic oxidation sites excluding steroid dienone is 2. The normalized spacial score (nSPS) is 34.3. The molecule has 2 heterocycles. The van der Waals surface area contributed by atoms with Crippen LogP contribution in [-0.4, -0.2) is 23.5 Å². The molecule has 37 heavy (non-hydrogen) atoms. The van der Waals surface area contributed by atoms with E-state index in [4.69, 9.17) is 32.1 Å². The zero-order valence-corrected chi connectivity index (χ0v) is 21.0. The number of nitrogens with zero attached hydrogens (tertiary/aromatic N) is 4. The van der Waals surface area contributed by atoms with E-state index < -0.39 is 23.5 Å². The van der Waals surface area contributed by atoms with Crippen LogP contribution < -0.4 is 0 Å². The molecule has 10 nitrogen and oxygen atoms in total. The summed E-state index contributed by atoms with van der Waals surface area (Å²) in [5.74, 6) is -2.40. The van der Waals surface area contributed by atoms with E-state index in [9.17, 15) is 20.1 Å². The van der Waals surface area contributed by atoms with Gasteiger partial charge in [-0.05, 0) is 42.9 Å². The summed E-state index contributed by atoms with van der Waals surface area (Å²) in [6.45, 7) is 18.8. The number of carbonyl (C=O) groups is 2. The molecule has 2 saturated heterocycles. The molecule has 4 aliphatic rings. The Kier molecular flexibility index (Phi) is 6.90. The molecule has 2 spiro atoms.